The summed E-state index contributed by atoms with van der Waals surface area (Å²) in [7, 11) is 0. The lowest BCUT2D eigenvalue weighted by Crippen LogP contribution is -2.45. The lowest BCUT2D eigenvalue weighted by atomic mass is 9.96. The zero-order valence-electron chi connectivity index (χ0n) is 25.9. The van der Waals surface area contributed by atoms with Crippen LogP contribution in [-0.4, -0.2) is 65.4 Å². The molecule has 1 unspecified atom stereocenters. The van der Waals surface area contributed by atoms with Gasteiger partial charge in [0.15, 0.2) is 11.5 Å². The lowest BCUT2D eigenvalue weighted by Gasteiger charge is -2.27. The number of hydrogen-bond donors (Lipinski definition) is 1. The second-order valence-electron chi connectivity index (χ2n) is 13.3. The Morgan fingerprint density at radius 2 is 1.82 bits per heavy atom. The lowest BCUT2D eigenvalue weighted by molar-refractivity contribution is -0.139. The van der Waals surface area contributed by atoms with Crippen LogP contribution < -0.4 is 5.32 Å². The third-order valence-corrected chi connectivity index (χ3v) is 10.3. The summed E-state index contributed by atoms with van der Waals surface area (Å²) >= 11 is 3.41. The van der Waals surface area contributed by atoms with Gasteiger partial charge in [0.1, 0.15) is 17.0 Å². The molecule has 1 aliphatic heterocycles. The predicted octanol–water partition coefficient (Wildman–Crippen LogP) is 4.99. The van der Waals surface area contributed by atoms with Crippen LogP contribution in [0.3, 0.4) is 0 Å². The Morgan fingerprint density at radius 3 is 2.56 bits per heavy atom. The third kappa shape index (κ3) is 5.67. The number of amides is 2. The summed E-state index contributed by atoms with van der Waals surface area (Å²) in [5.74, 6) is 0.724. The van der Waals surface area contributed by atoms with Gasteiger partial charge in [0.25, 0.3) is 5.91 Å². The maximum atomic E-state index is 14.1. The minimum Gasteiger partial charge on any atom is -0.348 e. The number of benzene rings is 1. The number of aryl methyl sites for hydroxylation is 2. The van der Waals surface area contributed by atoms with Gasteiger partial charge in [-0.05, 0) is 103 Å². The van der Waals surface area contributed by atoms with E-state index < -0.39 is 6.04 Å². The average molecular weight is 671 g/mol. The van der Waals surface area contributed by atoms with Crippen LogP contribution in [-0.2, 0) is 22.6 Å². The summed E-state index contributed by atoms with van der Waals surface area (Å²) < 4.78 is 2.30. The number of pyridine rings is 1. The van der Waals surface area contributed by atoms with Crippen LogP contribution in [0.15, 0.2) is 47.3 Å². The number of carbonyl (C=O) groups excluding carboxylic acids is 3. The first-order chi connectivity index (χ1) is 21.5. The predicted molar refractivity (Wildman–Crippen MR) is 172 cm³/mol. The molecule has 1 saturated heterocycles. The van der Waals surface area contributed by atoms with Crippen molar-refractivity contribution >= 4 is 44.4 Å². The van der Waals surface area contributed by atoms with E-state index in [4.69, 9.17) is 5.10 Å². The van der Waals surface area contributed by atoms with E-state index in [2.05, 4.69) is 43.1 Å². The topological polar surface area (TPSA) is 123 Å². The van der Waals surface area contributed by atoms with Crippen molar-refractivity contribution in [2.24, 2.45) is 11.3 Å². The minimum atomic E-state index is -0.515. The number of aromatic nitrogens is 5. The Morgan fingerprint density at radius 1 is 1.07 bits per heavy atom. The molecule has 11 heteroatoms. The highest BCUT2D eigenvalue weighted by atomic mass is 79.9. The van der Waals surface area contributed by atoms with Crippen molar-refractivity contribution in [3.8, 4) is 11.1 Å². The number of halogens is 1. The zero-order chi connectivity index (χ0) is 31.6. The van der Waals surface area contributed by atoms with E-state index >= 15 is 0 Å². The molecule has 4 atom stereocenters. The van der Waals surface area contributed by atoms with Gasteiger partial charge < -0.3 is 10.2 Å². The van der Waals surface area contributed by atoms with Crippen molar-refractivity contribution in [2.45, 2.75) is 84.5 Å². The Labute approximate surface area is 270 Å². The molecule has 3 fully saturated rings. The van der Waals surface area contributed by atoms with Gasteiger partial charge in [-0.3, -0.25) is 19.1 Å². The Balaban J connectivity index is 1.19. The molecule has 4 heterocycles. The average Bonchev–Trinajstić information content (AvgIpc) is 3.91. The number of fused-ring (bicyclic) bond motifs is 2. The van der Waals surface area contributed by atoms with Crippen molar-refractivity contribution in [1.29, 1.82) is 0 Å². The van der Waals surface area contributed by atoms with Crippen LogP contribution in [0.25, 0.3) is 22.0 Å². The van der Waals surface area contributed by atoms with Crippen molar-refractivity contribution in [1.82, 2.24) is 34.9 Å². The van der Waals surface area contributed by atoms with E-state index in [0.717, 1.165) is 41.6 Å². The fraction of sp³-hybridized carbons (Fsp3) is 0.441. The fourth-order valence-electron chi connectivity index (χ4n) is 6.80. The van der Waals surface area contributed by atoms with Gasteiger partial charge in [0, 0.05) is 35.4 Å². The van der Waals surface area contributed by atoms with Gasteiger partial charge in [-0.15, -0.1) is 0 Å². The van der Waals surface area contributed by atoms with Crippen molar-refractivity contribution in [2.75, 3.05) is 0 Å². The Hall–Kier alpha value is -3.99. The van der Waals surface area contributed by atoms with E-state index in [1.807, 2.05) is 51.1 Å². The molecule has 3 aliphatic rings. The summed E-state index contributed by atoms with van der Waals surface area (Å²) in [6.45, 7) is 7.88. The Bertz CT molecular complexity index is 1850. The number of hydrogen-bond acceptors (Lipinski definition) is 7. The van der Waals surface area contributed by atoms with Gasteiger partial charge in [0.05, 0.1) is 23.7 Å². The molecule has 0 radical (unpaired) electrons. The molecule has 10 nitrogen and oxygen atoms in total. The summed E-state index contributed by atoms with van der Waals surface area (Å²) in [5, 5.41) is 8.50. The van der Waals surface area contributed by atoms with E-state index in [1.54, 1.807) is 22.0 Å². The largest absolute Gasteiger partial charge is 0.348 e. The van der Waals surface area contributed by atoms with Crippen molar-refractivity contribution < 1.29 is 14.4 Å². The molecule has 45 heavy (non-hydrogen) atoms. The summed E-state index contributed by atoms with van der Waals surface area (Å²) in [5.41, 5.74) is 4.24. The zero-order valence-corrected chi connectivity index (χ0v) is 27.5. The number of ketones is 1. The van der Waals surface area contributed by atoms with E-state index in [9.17, 15) is 14.4 Å². The van der Waals surface area contributed by atoms with E-state index in [1.165, 1.54) is 0 Å². The SMILES string of the molecule is Cc1ncc(-c2ccc3c(c2)c(C(=O)NC(C)C2CC2)nn3CC(=O)N2[C@H](C(=O)Cc3nc(Br)ccc3C)C[C@@]3(C)C[C@@H]23)cn1. The van der Waals surface area contributed by atoms with Gasteiger partial charge in [-0.2, -0.15) is 5.10 Å². The molecule has 1 aromatic carbocycles. The maximum absolute atomic E-state index is 14.1. The fourth-order valence-corrected chi connectivity index (χ4v) is 7.15. The molecule has 0 bridgehead atoms. The molecule has 232 valence electrons. The Kier molecular flexibility index (Phi) is 7.34. The van der Waals surface area contributed by atoms with Crippen LogP contribution in [0.5, 0.6) is 0 Å². The standard InChI is InChI=1S/C34H36BrN7O3/c1-18-5-10-30(35)39-25(18)12-28(43)27-13-34(4)14-29(34)42(27)31(44)17-41-26-9-8-22(23-15-36-20(3)37-16-23)11-24(26)32(40-41)33(45)38-19(2)21-6-7-21/h5,8-11,15-16,19,21,27,29H,6-7,12-14,17H2,1-4H3,(H,38,45)/t19?,27-,29+,34-/m0/s1. The molecular weight excluding hydrogens is 634 g/mol. The quantitative estimate of drug-likeness (QED) is 0.249. The number of Topliss-reactive ketones (excluding diaryl/α,β-unsaturated/α-hetero) is 1. The third-order valence-electron chi connectivity index (χ3n) is 9.86. The maximum Gasteiger partial charge on any atom is 0.272 e. The molecular formula is C34H36BrN7O3. The second-order valence-corrected chi connectivity index (χ2v) is 14.1. The highest BCUT2D eigenvalue weighted by molar-refractivity contribution is 9.10. The van der Waals surface area contributed by atoms with E-state index in [-0.39, 0.29) is 53.8 Å². The summed E-state index contributed by atoms with van der Waals surface area (Å²) in [6.07, 6.45) is 7.42. The molecule has 7 rings (SSSR count). The van der Waals surface area contributed by atoms with Crippen LogP contribution in [0.1, 0.15) is 67.1 Å². The minimum absolute atomic E-state index is 0.00473. The summed E-state index contributed by atoms with van der Waals surface area (Å²) in [6, 6.07) is 9.09. The highest BCUT2D eigenvalue weighted by Gasteiger charge is 2.64. The molecule has 2 aliphatic carbocycles. The van der Waals surface area contributed by atoms with Gasteiger partial charge >= 0.3 is 0 Å². The van der Waals surface area contributed by atoms with Crippen LogP contribution in [0.2, 0.25) is 0 Å². The van der Waals surface area contributed by atoms with Crippen molar-refractivity contribution in [3.05, 3.63) is 70.1 Å². The number of nitrogens with zero attached hydrogens (tertiary/aromatic N) is 6. The van der Waals surface area contributed by atoms with Crippen LogP contribution in [0.4, 0.5) is 0 Å². The first kappa shape index (κ1) is 29.7. The first-order valence-corrected chi connectivity index (χ1v) is 16.4. The number of nitrogens with one attached hydrogen (secondary N) is 1. The molecule has 4 aromatic rings. The molecule has 2 saturated carbocycles. The molecule has 1 N–H and O–H groups in total. The molecule has 3 aromatic heterocycles. The number of rotatable bonds is 9. The second kappa shape index (κ2) is 11.1. The summed E-state index contributed by atoms with van der Waals surface area (Å²) in [4.78, 5) is 56.3. The van der Waals surface area contributed by atoms with Crippen LogP contribution >= 0.6 is 15.9 Å². The normalized spacial score (nSPS) is 22.7. The van der Waals surface area contributed by atoms with Crippen LogP contribution in [0, 0.1) is 25.2 Å². The first-order valence-electron chi connectivity index (χ1n) is 15.6. The number of likely N-dealkylation sites (tertiary alicyclic amines) is 1. The highest BCUT2D eigenvalue weighted by Crippen LogP contribution is 2.59. The smallest absolute Gasteiger partial charge is 0.272 e. The number of piperidine rings is 1. The molecule has 2 amide bonds. The van der Waals surface area contributed by atoms with Crippen molar-refractivity contribution in [3.63, 3.8) is 0 Å². The van der Waals surface area contributed by atoms with E-state index in [0.29, 0.717) is 33.7 Å². The van der Waals surface area contributed by atoms with Gasteiger partial charge in [0.2, 0.25) is 5.91 Å². The van der Waals surface area contributed by atoms with Gasteiger partial charge in [-0.1, -0.05) is 19.1 Å². The molecule has 0 spiro atoms. The monoisotopic (exact) mass is 669 g/mol. The number of carbonyl (C=O) groups is 3. The van der Waals surface area contributed by atoms with Gasteiger partial charge in [-0.25, -0.2) is 15.0 Å².